The number of hydrogen-bond acceptors (Lipinski definition) is 4. The lowest BCUT2D eigenvalue weighted by atomic mass is 9.86. The number of halogens is 6. The molecule has 5 nitrogen and oxygen atoms in total. The predicted molar refractivity (Wildman–Crippen MR) is 136 cm³/mol. The molecule has 2 aliphatic rings. The van der Waals surface area contributed by atoms with Gasteiger partial charge >= 0.3 is 18.4 Å². The van der Waals surface area contributed by atoms with Gasteiger partial charge in [0, 0.05) is 18.2 Å². The van der Waals surface area contributed by atoms with Crippen LogP contribution in [0.1, 0.15) is 66.1 Å². The lowest BCUT2D eigenvalue weighted by Crippen LogP contribution is -2.47. The first-order valence-corrected chi connectivity index (χ1v) is 13.7. The molecule has 1 heterocycles. The Morgan fingerprint density at radius 2 is 1.69 bits per heavy atom. The van der Waals surface area contributed by atoms with Crippen molar-refractivity contribution >= 4 is 28.8 Å². The summed E-state index contributed by atoms with van der Waals surface area (Å²) in [6, 6.07) is 3.97. The standard InChI is InChI=1S/C27H28F6N2O3S/c1-4-38-24(36)35-15(2)10-22(23-20-7-5-6-17(20)8-9-21(23)35)34(25(37)39-3)14-16-11-18(26(28,29)30)13-19(12-16)27(31,32)33/h8-9,11-13,15,22H,4-7,10,14H2,1-3H3/t15-,22+/m1/s1. The summed E-state index contributed by atoms with van der Waals surface area (Å²) in [5.74, 6) is 0. The maximum Gasteiger partial charge on any atom is 0.416 e. The molecule has 212 valence electrons. The van der Waals surface area contributed by atoms with Crippen LogP contribution in [0, 0.1) is 0 Å². The third-order valence-corrected chi connectivity index (χ3v) is 7.74. The van der Waals surface area contributed by atoms with E-state index in [1.807, 2.05) is 6.07 Å². The molecule has 2 atom stereocenters. The molecule has 1 aliphatic heterocycles. The minimum absolute atomic E-state index is 0.0757. The van der Waals surface area contributed by atoms with Crippen molar-refractivity contribution in [1.82, 2.24) is 4.90 Å². The summed E-state index contributed by atoms with van der Waals surface area (Å²) in [5, 5.41) is -0.496. The second-order valence-corrected chi connectivity index (χ2v) is 10.4. The fourth-order valence-electron chi connectivity index (χ4n) is 5.53. The highest BCUT2D eigenvalue weighted by molar-refractivity contribution is 8.12. The van der Waals surface area contributed by atoms with Gasteiger partial charge < -0.3 is 9.64 Å². The zero-order chi connectivity index (χ0) is 28.7. The molecular weight excluding hydrogens is 546 g/mol. The lowest BCUT2D eigenvalue weighted by Gasteiger charge is -2.44. The summed E-state index contributed by atoms with van der Waals surface area (Å²) in [4.78, 5) is 29.0. The second-order valence-electron chi connectivity index (χ2n) is 9.67. The van der Waals surface area contributed by atoms with Crippen LogP contribution in [0.2, 0.25) is 0 Å². The molecule has 0 unspecified atom stereocenters. The Bertz CT molecular complexity index is 1230. The van der Waals surface area contributed by atoms with Crippen molar-refractivity contribution in [3.05, 3.63) is 63.7 Å². The number of carbonyl (C=O) groups is 2. The quantitative estimate of drug-likeness (QED) is 0.348. The number of amides is 2. The normalized spacial score (nSPS) is 18.9. The molecule has 0 bridgehead atoms. The Kier molecular flexibility index (Phi) is 8.16. The summed E-state index contributed by atoms with van der Waals surface area (Å²) >= 11 is 0.827. The van der Waals surface area contributed by atoms with E-state index in [1.54, 1.807) is 19.9 Å². The van der Waals surface area contributed by atoms with Crippen LogP contribution in [0.25, 0.3) is 0 Å². The van der Waals surface area contributed by atoms with Gasteiger partial charge in [-0.25, -0.2) is 4.79 Å². The van der Waals surface area contributed by atoms with Gasteiger partial charge in [0.25, 0.3) is 5.24 Å². The second kappa shape index (κ2) is 10.9. The van der Waals surface area contributed by atoms with Crippen LogP contribution < -0.4 is 4.90 Å². The van der Waals surface area contributed by atoms with E-state index in [1.165, 1.54) is 16.1 Å². The summed E-state index contributed by atoms with van der Waals surface area (Å²) < 4.78 is 86.5. The molecule has 0 fully saturated rings. The number of ether oxygens (including phenoxy) is 1. The molecule has 2 amide bonds. The van der Waals surface area contributed by atoms with Gasteiger partial charge in [0.2, 0.25) is 0 Å². The van der Waals surface area contributed by atoms with Crippen LogP contribution in [-0.4, -0.2) is 35.1 Å². The van der Waals surface area contributed by atoms with Gasteiger partial charge in [-0.15, -0.1) is 0 Å². The smallest absolute Gasteiger partial charge is 0.416 e. The van der Waals surface area contributed by atoms with Gasteiger partial charge in [0.15, 0.2) is 0 Å². The molecule has 0 aromatic heterocycles. The number of benzene rings is 2. The molecule has 0 spiro atoms. The van der Waals surface area contributed by atoms with E-state index in [2.05, 4.69) is 0 Å². The fraction of sp³-hybridized carbons (Fsp3) is 0.481. The van der Waals surface area contributed by atoms with Gasteiger partial charge in [-0.05, 0) is 86.7 Å². The Hall–Kier alpha value is -2.89. The van der Waals surface area contributed by atoms with E-state index in [-0.39, 0.29) is 24.7 Å². The van der Waals surface area contributed by atoms with Gasteiger partial charge in [-0.2, -0.15) is 26.3 Å². The molecular formula is C27H28F6N2O3S. The third kappa shape index (κ3) is 5.85. The number of aryl methyl sites for hydroxylation is 1. The number of thioether (sulfide) groups is 1. The molecule has 12 heteroatoms. The molecule has 0 radical (unpaired) electrons. The van der Waals surface area contributed by atoms with Gasteiger partial charge in [0.05, 0.1) is 29.5 Å². The molecule has 1 aliphatic carbocycles. The van der Waals surface area contributed by atoms with E-state index in [9.17, 15) is 35.9 Å². The van der Waals surface area contributed by atoms with E-state index >= 15 is 0 Å². The van der Waals surface area contributed by atoms with Crippen molar-refractivity contribution < 1.29 is 40.7 Å². The van der Waals surface area contributed by atoms with Crippen molar-refractivity contribution in [1.29, 1.82) is 0 Å². The SMILES string of the molecule is CCOC(=O)N1c2ccc3c(c2[C@@H](N(Cc2cc(C(F)(F)F)cc(C(F)(F)F)c2)C(=O)SC)C[C@H]1C)CCC3. The number of alkyl halides is 6. The zero-order valence-electron chi connectivity index (χ0n) is 21.6. The number of rotatable bonds is 4. The number of anilines is 1. The Labute approximate surface area is 226 Å². The lowest BCUT2D eigenvalue weighted by molar-refractivity contribution is -0.143. The van der Waals surface area contributed by atoms with E-state index in [0.717, 1.165) is 35.7 Å². The average Bonchev–Trinajstić information content (AvgIpc) is 3.34. The van der Waals surface area contributed by atoms with Crippen LogP contribution in [0.4, 0.5) is 41.6 Å². The molecule has 4 rings (SSSR count). The average molecular weight is 575 g/mol. The fourth-order valence-corrected chi connectivity index (χ4v) is 5.96. The highest BCUT2D eigenvalue weighted by Gasteiger charge is 2.42. The first kappa shape index (κ1) is 29.1. The third-order valence-electron chi connectivity index (χ3n) is 7.15. The topological polar surface area (TPSA) is 49.9 Å². The van der Waals surface area contributed by atoms with Crippen LogP contribution >= 0.6 is 11.8 Å². The van der Waals surface area contributed by atoms with Crippen LogP contribution in [-0.2, 0) is 36.5 Å². The maximum atomic E-state index is 13.5. The monoisotopic (exact) mass is 574 g/mol. The number of hydrogen-bond donors (Lipinski definition) is 0. The van der Waals surface area contributed by atoms with Crippen molar-refractivity contribution in [3.63, 3.8) is 0 Å². The van der Waals surface area contributed by atoms with Crippen molar-refractivity contribution in [3.8, 4) is 0 Å². The first-order valence-electron chi connectivity index (χ1n) is 12.5. The highest BCUT2D eigenvalue weighted by atomic mass is 32.2. The largest absolute Gasteiger partial charge is 0.449 e. The maximum absolute atomic E-state index is 13.5. The minimum atomic E-state index is -5.00. The summed E-state index contributed by atoms with van der Waals surface area (Å²) in [7, 11) is 0. The Morgan fingerprint density at radius 3 is 2.26 bits per heavy atom. The van der Waals surface area contributed by atoms with Gasteiger partial charge in [0.1, 0.15) is 0 Å². The molecule has 0 saturated heterocycles. The van der Waals surface area contributed by atoms with E-state index in [4.69, 9.17) is 4.74 Å². The van der Waals surface area contributed by atoms with Crippen molar-refractivity contribution in [2.75, 3.05) is 17.8 Å². The van der Waals surface area contributed by atoms with Crippen LogP contribution in [0.15, 0.2) is 30.3 Å². The van der Waals surface area contributed by atoms with Crippen molar-refractivity contribution in [2.45, 2.75) is 70.5 Å². The predicted octanol–water partition coefficient (Wildman–Crippen LogP) is 7.99. The molecule has 39 heavy (non-hydrogen) atoms. The van der Waals surface area contributed by atoms with Gasteiger partial charge in [-0.1, -0.05) is 17.8 Å². The number of fused-ring (bicyclic) bond motifs is 3. The number of carbonyl (C=O) groups excluding carboxylic acids is 2. The minimum Gasteiger partial charge on any atom is -0.449 e. The molecule has 2 aromatic carbocycles. The Morgan fingerprint density at radius 1 is 1.05 bits per heavy atom. The molecule has 2 aromatic rings. The molecule has 0 N–H and O–H groups in total. The zero-order valence-corrected chi connectivity index (χ0v) is 22.4. The van der Waals surface area contributed by atoms with Crippen molar-refractivity contribution in [2.24, 2.45) is 0 Å². The first-order chi connectivity index (χ1) is 18.3. The Balaban J connectivity index is 1.85. The molecule has 0 saturated carbocycles. The summed E-state index contributed by atoms with van der Waals surface area (Å²) in [6.45, 7) is 3.14. The van der Waals surface area contributed by atoms with Crippen LogP contribution in [0.3, 0.4) is 0 Å². The van der Waals surface area contributed by atoms with Crippen LogP contribution in [0.5, 0.6) is 0 Å². The summed E-state index contributed by atoms with van der Waals surface area (Å²) in [5.41, 5.74) is 0.0866. The number of nitrogens with zero attached hydrogens (tertiary/aromatic N) is 2. The highest BCUT2D eigenvalue weighted by Crippen LogP contribution is 2.47. The summed E-state index contributed by atoms with van der Waals surface area (Å²) in [6.07, 6.45) is -6.48. The van der Waals surface area contributed by atoms with Gasteiger partial charge in [-0.3, -0.25) is 9.69 Å². The van der Waals surface area contributed by atoms with E-state index in [0.29, 0.717) is 29.8 Å². The van der Waals surface area contributed by atoms with E-state index < -0.39 is 53.4 Å².